The summed E-state index contributed by atoms with van der Waals surface area (Å²) in [7, 11) is 1.59. The van der Waals surface area contributed by atoms with Crippen molar-refractivity contribution in [2.24, 2.45) is 0 Å². The van der Waals surface area contributed by atoms with Crippen molar-refractivity contribution in [2.45, 2.75) is 45.1 Å². The van der Waals surface area contributed by atoms with Crippen LogP contribution in [-0.2, 0) is 19.7 Å². The number of benzene rings is 3. The SMILES string of the molecule is CCOC(=O)C1(c2ccc(-c3ccc(-c4onc(C)c4NC(=O)O[C@H](C)c4cccc(OC)c4)cc3)cc2)CC1. The molecule has 1 aromatic heterocycles. The molecule has 3 aromatic carbocycles. The Morgan fingerprint density at radius 2 is 1.65 bits per heavy atom. The van der Waals surface area contributed by atoms with Gasteiger partial charge in [0.1, 0.15) is 23.2 Å². The number of esters is 1. The minimum absolute atomic E-state index is 0.141. The van der Waals surface area contributed by atoms with Gasteiger partial charge in [-0.3, -0.25) is 10.1 Å². The average Bonchev–Trinajstić information content (AvgIpc) is 3.72. The lowest BCUT2D eigenvalue weighted by Crippen LogP contribution is -2.23. The molecule has 40 heavy (non-hydrogen) atoms. The molecule has 0 saturated heterocycles. The third-order valence-corrected chi connectivity index (χ3v) is 7.27. The normalized spacial score (nSPS) is 14.2. The standard InChI is InChI=1S/C32H32N2O6/c1-5-38-30(35)32(17-18-32)26-15-13-23(14-16-26)22-9-11-24(12-10-22)29-28(20(2)34-40-29)33-31(36)39-21(3)25-7-6-8-27(19-25)37-4/h6-16,19,21H,5,17-18H2,1-4H3,(H,33,36)/t21-/m1/s1. The summed E-state index contributed by atoms with van der Waals surface area (Å²) in [6.45, 7) is 5.77. The van der Waals surface area contributed by atoms with Crippen LogP contribution >= 0.6 is 0 Å². The van der Waals surface area contributed by atoms with Crippen LogP contribution in [0.25, 0.3) is 22.5 Å². The van der Waals surface area contributed by atoms with E-state index in [1.165, 1.54) is 0 Å². The van der Waals surface area contributed by atoms with Crippen molar-refractivity contribution in [3.05, 3.63) is 89.6 Å². The van der Waals surface area contributed by atoms with Crippen molar-refractivity contribution < 1.29 is 28.3 Å². The minimum atomic E-state index is -0.615. The van der Waals surface area contributed by atoms with E-state index in [1.807, 2.05) is 79.7 Å². The predicted octanol–water partition coefficient (Wildman–Crippen LogP) is 7.23. The molecule has 5 rings (SSSR count). The molecule has 1 amide bonds. The van der Waals surface area contributed by atoms with Crippen LogP contribution in [0, 0.1) is 6.92 Å². The molecular weight excluding hydrogens is 508 g/mol. The van der Waals surface area contributed by atoms with Crippen molar-refractivity contribution >= 4 is 17.7 Å². The number of hydrogen-bond acceptors (Lipinski definition) is 7. The number of nitrogens with one attached hydrogen (secondary N) is 1. The van der Waals surface area contributed by atoms with Crippen LogP contribution in [0.3, 0.4) is 0 Å². The van der Waals surface area contributed by atoms with Crippen LogP contribution in [-0.4, -0.2) is 30.9 Å². The van der Waals surface area contributed by atoms with E-state index in [0.29, 0.717) is 29.5 Å². The van der Waals surface area contributed by atoms with Gasteiger partial charge in [-0.05, 0) is 68.0 Å². The van der Waals surface area contributed by atoms with Gasteiger partial charge in [0.15, 0.2) is 5.76 Å². The third-order valence-electron chi connectivity index (χ3n) is 7.27. The topological polar surface area (TPSA) is 99.9 Å². The molecule has 206 valence electrons. The fourth-order valence-corrected chi connectivity index (χ4v) is 4.77. The number of anilines is 1. The van der Waals surface area contributed by atoms with Gasteiger partial charge in [0.05, 0.1) is 19.1 Å². The number of amides is 1. The zero-order chi connectivity index (χ0) is 28.3. The number of aromatic nitrogens is 1. The second-order valence-corrected chi connectivity index (χ2v) is 9.88. The van der Waals surface area contributed by atoms with Crippen molar-refractivity contribution in [3.63, 3.8) is 0 Å². The first-order chi connectivity index (χ1) is 19.3. The third kappa shape index (κ3) is 5.43. The van der Waals surface area contributed by atoms with Crippen molar-refractivity contribution in [1.82, 2.24) is 5.16 Å². The van der Waals surface area contributed by atoms with E-state index in [4.69, 9.17) is 18.7 Å². The number of carbonyl (C=O) groups excluding carboxylic acids is 2. The van der Waals surface area contributed by atoms with E-state index in [0.717, 1.165) is 40.7 Å². The monoisotopic (exact) mass is 540 g/mol. The lowest BCUT2D eigenvalue weighted by Gasteiger charge is -2.15. The lowest BCUT2D eigenvalue weighted by molar-refractivity contribution is -0.146. The molecule has 0 unspecified atom stereocenters. The molecule has 1 heterocycles. The Morgan fingerprint density at radius 1 is 1.00 bits per heavy atom. The summed E-state index contributed by atoms with van der Waals surface area (Å²) < 4.78 is 21.7. The van der Waals surface area contributed by atoms with Crippen molar-refractivity contribution in [1.29, 1.82) is 0 Å². The van der Waals surface area contributed by atoms with Gasteiger partial charge < -0.3 is 18.7 Å². The Morgan fingerprint density at radius 3 is 2.27 bits per heavy atom. The molecule has 0 bridgehead atoms. The highest BCUT2D eigenvalue weighted by Gasteiger charge is 2.52. The first-order valence-corrected chi connectivity index (χ1v) is 13.3. The molecule has 1 aliphatic carbocycles. The van der Waals surface area contributed by atoms with Gasteiger partial charge >= 0.3 is 12.1 Å². The zero-order valence-electron chi connectivity index (χ0n) is 23.0. The second kappa shape index (κ2) is 11.3. The Bertz CT molecular complexity index is 1500. The molecule has 0 radical (unpaired) electrons. The Kier molecular flexibility index (Phi) is 7.60. The van der Waals surface area contributed by atoms with E-state index < -0.39 is 17.6 Å². The molecule has 8 nitrogen and oxygen atoms in total. The highest BCUT2D eigenvalue weighted by Crippen LogP contribution is 2.49. The molecule has 1 aliphatic rings. The maximum Gasteiger partial charge on any atom is 0.412 e. The first kappa shape index (κ1) is 27.0. The molecule has 1 saturated carbocycles. The fraction of sp³-hybridized carbons (Fsp3) is 0.281. The van der Waals surface area contributed by atoms with E-state index in [9.17, 15) is 9.59 Å². The summed E-state index contributed by atoms with van der Waals surface area (Å²) in [6, 6.07) is 23.2. The summed E-state index contributed by atoms with van der Waals surface area (Å²) in [5.41, 5.74) is 5.10. The molecule has 8 heteroatoms. The van der Waals surface area contributed by atoms with Crippen LogP contribution in [0.2, 0.25) is 0 Å². The highest BCUT2D eigenvalue weighted by molar-refractivity contribution is 5.91. The molecule has 1 atom stereocenters. The van der Waals surface area contributed by atoms with Crippen molar-refractivity contribution in [2.75, 3.05) is 19.0 Å². The van der Waals surface area contributed by atoms with Gasteiger partial charge in [-0.2, -0.15) is 0 Å². The van der Waals surface area contributed by atoms with Crippen LogP contribution < -0.4 is 10.1 Å². The van der Waals surface area contributed by atoms with Gasteiger partial charge in [0.2, 0.25) is 0 Å². The number of aryl methyl sites for hydroxylation is 1. The molecular formula is C32H32N2O6. The van der Waals surface area contributed by atoms with Gasteiger partial charge in [0.25, 0.3) is 0 Å². The number of rotatable bonds is 9. The Labute approximate surface area is 233 Å². The Balaban J connectivity index is 1.28. The largest absolute Gasteiger partial charge is 0.497 e. The fourth-order valence-electron chi connectivity index (χ4n) is 4.77. The summed E-state index contributed by atoms with van der Waals surface area (Å²) in [6.07, 6.45) is 0.535. The maximum absolute atomic E-state index is 12.7. The van der Waals surface area contributed by atoms with E-state index >= 15 is 0 Å². The molecule has 0 spiro atoms. The minimum Gasteiger partial charge on any atom is -0.497 e. The van der Waals surface area contributed by atoms with E-state index in [-0.39, 0.29) is 5.97 Å². The zero-order valence-corrected chi connectivity index (χ0v) is 23.0. The number of methoxy groups -OCH3 is 1. The number of nitrogens with zero attached hydrogens (tertiary/aromatic N) is 1. The van der Waals surface area contributed by atoms with Crippen LogP contribution in [0.5, 0.6) is 5.75 Å². The smallest absolute Gasteiger partial charge is 0.412 e. The van der Waals surface area contributed by atoms with Crippen molar-refractivity contribution in [3.8, 4) is 28.2 Å². The summed E-state index contributed by atoms with van der Waals surface area (Å²) in [5, 5.41) is 6.84. The quantitative estimate of drug-likeness (QED) is 0.224. The van der Waals surface area contributed by atoms with E-state index in [2.05, 4.69) is 10.5 Å². The number of carbonyl (C=O) groups is 2. The van der Waals surface area contributed by atoms with Gasteiger partial charge in [-0.15, -0.1) is 0 Å². The predicted molar refractivity (Wildman–Crippen MR) is 151 cm³/mol. The molecule has 1 fully saturated rings. The molecule has 1 N–H and O–H groups in total. The molecule has 4 aromatic rings. The van der Waals surface area contributed by atoms with E-state index in [1.54, 1.807) is 21.0 Å². The molecule has 0 aliphatic heterocycles. The summed E-state index contributed by atoms with van der Waals surface area (Å²) in [4.78, 5) is 25.2. The van der Waals surface area contributed by atoms with Crippen LogP contribution in [0.4, 0.5) is 10.5 Å². The Hall–Kier alpha value is -4.59. The lowest BCUT2D eigenvalue weighted by atomic mass is 9.93. The maximum atomic E-state index is 12.7. The first-order valence-electron chi connectivity index (χ1n) is 13.3. The van der Waals surface area contributed by atoms with Gasteiger partial charge in [-0.25, -0.2) is 4.79 Å². The van der Waals surface area contributed by atoms with Crippen LogP contribution in [0.15, 0.2) is 77.3 Å². The highest BCUT2D eigenvalue weighted by atomic mass is 16.6. The second-order valence-electron chi connectivity index (χ2n) is 9.88. The van der Waals surface area contributed by atoms with Gasteiger partial charge in [0, 0.05) is 5.56 Å². The summed E-state index contributed by atoms with van der Waals surface area (Å²) >= 11 is 0. The number of hydrogen-bond donors (Lipinski definition) is 1. The van der Waals surface area contributed by atoms with Gasteiger partial charge in [-0.1, -0.05) is 65.8 Å². The average molecular weight is 541 g/mol. The number of ether oxygens (including phenoxy) is 3. The summed E-state index contributed by atoms with van der Waals surface area (Å²) in [5.74, 6) is 0.987. The van der Waals surface area contributed by atoms with Crippen LogP contribution in [0.1, 0.15) is 49.6 Å².